The van der Waals surface area contributed by atoms with E-state index in [-0.39, 0.29) is 0 Å². The van der Waals surface area contributed by atoms with E-state index >= 15 is 0 Å². The van der Waals surface area contributed by atoms with Gasteiger partial charge in [-0.15, -0.1) is 0 Å². The second-order valence-corrected chi connectivity index (χ2v) is 9.93. The lowest BCUT2D eigenvalue weighted by atomic mass is 10.0. The first-order valence-electron chi connectivity index (χ1n) is 11.9. The smallest absolute Gasteiger partial charge is 0.147 e. The van der Waals surface area contributed by atoms with Gasteiger partial charge in [0, 0.05) is 46.8 Å². The Morgan fingerprint density at radius 2 is 1.37 bits per heavy atom. The number of hydrogen-bond donors (Lipinski definition) is 0. The minimum atomic E-state index is 0.559. The van der Waals surface area contributed by atoms with Crippen LogP contribution in [0.5, 0.6) is 0 Å². The van der Waals surface area contributed by atoms with E-state index in [4.69, 9.17) is 33.2 Å². The number of benzene rings is 3. The zero-order valence-corrected chi connectivity index (χ0v) is 21.3. The van der Waals surface area contributed by atoms with Crippen molar-refractivity contribution in [2.45, 2.75) is 25.4 Å². The normalized spacial score (nSPS) is 14.5. The van der Waals surface area contributed by atoms with Gasteiger partial charge in [-0.25, -0.2) is 4.98 Å². The van der Waals surface area contributed by atoms with Crippen molar-refractivity contribution in [3.05, 3.63) is 101 Å². The monoisotopic (exact) mass is 502 g/mol. The lowest BCUT2D eigenvalue weighted by Gasteiger charge is -2.37. The number of anilines is 1. The molecule has 4 nitrogen and oxygen atoms in total. The van der Waals surface area contributed by atoms with Gasteiger partial charge in [-0.1, -0.05) is 77.8 Å². The second-order valence-electron chi connectivity index (χ2n) is 9.06. The topological polar surface area (TPSA) is 32.3 Å². The molecular weight excluding hydrogens is 475 g/mol. The van der Waals surface area contributed by atoms with Crippen molar-refractivity contribution >= 4 is 29.0 Å². The average molecular weight is 503 g/mol. The Morgan fingerprint density at radius 3 is 1.97 bits per heavy atom. The molecule has 0 spiro atoms. The van der Waals surface area contributed by atoms with Crippen LogP contribution in [-0.4, -0.2) is 41.0 Å². The van der Waals surface area contributed by atoms with Crippen LogP contribution in [0.2, 0.25) is 10.0 Å². The maximum absolute atomic E-state index is 6.15. The zero-order valence-electron chi connectivity index (χ0n) is 19.7. The molecule has 0 amide bonds. The molecule has 0 aliphatic carbocycles. The highest BCUT2D eigenvalue weighted by atomic mass is 35.5. The highest BCUT2D eigenvalue weighted by Gasteiger charge is 2.24. The number of piperidine rings is 1. The first-order valence-corrected chi connectivity index (χ1v) is 12.7. The summed E-state index contributed by atoms with van der Waals surface area (Å²) in [5.74, 6) is 0.914. The Kier molecular flexibility index (Phi) is 7.33. The number of hydrogen-bond acceptors (Lipinski definition) is 4. The third-order valence-electron chi connectivity index (χ3n) is 6.68. The average Bonchev–Trinajstić information content (AvgIpc) is 2.90. The summed E-state index contributed by atoms with van der Waals surface area (Å²) >= 11 is 12.3. The first kappa shape index (κ1) is 23.8. The van der Waals surface area contributed by atoms with E-state index in [1.807, 2.05) is 54.7 Å². The summed E-state index contributed by atoms with van der Waals surface area (Å²) in [6.07, 6.45) is 4.10. The molecular formula is C29H28Cl2N4. The SMILES string of the molecule is CN(Cc1ccccc1)C1CCN(c2cnc(-c3ccc(Cl)cc3)c(-c3ccc(Cl)cc3)n2)CC1. The minimum absolute atomic E-state index is 0.559. The molecule has 1 aromatic heterocycles. The van der Waals surface area contributed by atoms with Gasteiger partial charge in [0.15, 0.2) is 0 Å². The molecule has 0 unspecified atom stereocenters. The predicted molar refractivity (Wildman–Crippen MR) is 146 cm³/mol. The molecule has 5 rings (SSSR count). The van der Waals surface area contributed by atoms with Crippen LogP contribution in [0.1, 0.15) is 18.4 Å². The lowest BCUT2D eigenvalue weighted by Crippen LogP contribution is -2.43. The maximum atomic E-state index is 6.15. The van der Waals surface area contributed by atoms with E-state index in [1.165, 1.54) is 5.56 Å². The highest BCUT2D eigenvalue weighted by Crippen LogP contribution is 2.32. The summed E-state index contributed by atoms with van der Waals surface area (Å²) in [6, 6.07) is 26.8. The van der Waals surface area contributed by atoms with Crippen molar-refractivity contribution in [3.8, 4) is 22.5 Å². The van der Waals surface area contributed by atoms with E-state index in [9.17, 15) is 0 Å². The van der Waals surface area contributed by atoms with E-state index in [0.717, 1.165) is 60.8 Å². The van der Waals surface area contributed by atoms with Crippen LogP contribution in [0.15, 0.2) is 85.1 Å². The van der Waals surface area contributed by atoms with Gasteiger partial charge in [-0.05, 0) is 49.7 Å². The van der Waals surface area contributed by atoms with Crippen LogP contribution in [0.3, 0.4) is 0 Å². The van der Waals surface area contributed by atoms with Crippen LogP contribution >= 0.6 is 23.2 Å². The largest absolute Gasteiger partial charge is 0.355 e. The molecule has 2 heterocycles. The van der Waals surface area contributed by atoms with Crippen LogP contribution in [0, 0.1) is 0 Å². The summed E-state index contributed by atoms with van der Waals surface area (Å²) in [5.41, 5.74) is 5.02. The second kappa shape index (κ2) is 10.8. The van der Waals surface area contributed by atoms with Crippen molar-refractivity contribution in [2.75, 3.05) is 25.0 Å². The fraction of sp³-hybridized carbons (Fsp3) is 0.241. The van der Waals surface area contributed by atoms with Crippen LogP contribution in [-0.2, 0) is 6.54 Å². The van der Waals surface area contributed by atoms with Crippen LogP contribution < -0.4 is 4.90 Å². The van der Waals surface area contributed by atoms with E-state index in [2.05, 4.69) is 47.2 Å². The van der Waals surface area contributed by atoms with Gasteiger partial charge in [-0.3, -0.25) is 9.88 Å². The molecule has 1 fully saturated rings. The fourth-order valence-corrected chi connectivity index (χ4v) is 4.95. The molecule has 0 N–H and O–H groups in total. The molecule has 6 heteroatoms. The van der Waals surface area contributed by atoms with Crippen molar-refractivity contribution < 1.29 is 0 Å². The van der Waals surface area contributed by atoms with Gasteiger partial charge >= 0.3 is 0 Å². The molecule has 0 saturated carbocycles. The minimum Gasteiger partial charge on any atom is -0.355 e. The van der Waals surface area contributed by atoms with Gasteiger partial charge in [-0.2, -0.15) is 0 Å². The summed E-state index contributed by atoms with van der Waals surface area (Å²) in [7, 11) is 2.23. The summed E-state index contributed by atoms with van der Waals surface area (Å²) < 4.78 is 0. The van der Waals surface area contributed by atoms with E-state index in [0.29, 0.717) is 16.1 Å². The molecule has 0 radical (unpaired) electrons. The molecule has 1 aliphatic heterocycles. The Bertz CT molecular complexity index is 1250. The standard InChI is InChI=1S/C29H28Cl2N4/c1-34(20-21-5-3-2-4-6-21)26-15-17-35(18-16-26)27-19-32-28(22-7-11-24(30)12-8-22)29(33-27)23-9-13-25(31)14-10-23/h2-14,19,26H,15-18,20H2,1H3. The van der Waals surface area contributed by atoms with E-state index in [1.54, 1.807) is 0 Å². The molecule has 35 heavy (non-hydrogen) atoms. The van der Waals surface area contributed by atoms with Crippen molar-refractivity contribution in [2.24, 2.45) is 0 Å². The Hall–Kier alpha value is -2.92. The molecule has 4 aromatic rings. The Morgan fingerprint density at radius 1 is 0.800 bits per heavy atom. The number of aromatic nitrogens is 2. The predicted octanol–water partition coefficient (Wildman–Crippen LogP) is 7.22. The number of rotatable bonds is 6. The molecule has 0 atom stereocenters. The van der Waals surface area contributed by atoms with Gasteiger partial charge in [0.2, 0.25) is 0 Å². The van der Waals surface area contributed by atoms with Gasteiger partial charge in [0.25, 0.3) is 0 Å². The number of nitrogens with zero attached hydrogens (tertiary/aromatic N) is 4. The third kappa shape index (κ3) is 5.67. The maximum Gasteiger partial charge on any atom is 0.147 e. The van der Waals surface area contributed by atoms with Crippen LogP contribution in [0.25, 0.3) is 22.5 Å². The van der Waals surface area contributed by atoms with Crippen molar-refractivity contribution in [1.82, 2.24) is 14.9 Å². The first-order chi connectivity index (χ1) is 17.1. The van der Waals surface area contributed by atoms with Crippen molar-refractivity contribution in [1.29, 1.82) is 0 Å². The van der Waals surface area contributed by atoms with Gasteiger partial charge < -0.3 is 4.90 Å². The summed E-state index contributed by atoms with van der Waals surface area (Å²) in [4.78, 5) is 14.8. The van der Waals surface area contributed by atoms with Crippen molar-refractivity contribution in [3.63, 3.8) is 0 Å². The van der Waals surface area contributed by atoms with Gasteiger partial charge in [0.1, 0.15) is 5.82 Å². The molecule has 1 aliphatic rings. The Balaban J connectivity index is 1.36. The molecule has 3 aromatic carbocycles. The lowest BCUT2D eigenvalue weighted by molar-refractivity contribution is 0.200. The quantitative estimate of drug-likeness (QED) is 0.278. The molecule has 1 saturated heterocycles. The molecule has 0 bridgehead atoms. The zero-order chi connectivity index (χ0) is 24.2. The van der Waals surface area contributed by atoms with E-state index < -0.39 is 0 Å². The third-order valence-corrected chi connectivity index (χ3v) is 7.19. The Labute approximate surface area is 217 Å². The summed E-state index contributed by atoms with van der Waals surface area (Å²) in [5, 5.41) is 1.40. The number of halogens is 2. The van der Waals surface area contributed by atoms with Crippen LogP contribution in [0.4, 0.5) is 5.82 Å². The van der Waals surface area contributed by atoms with Gasteiger partial charge in [0.05, 0.1) is 17.6 Å². The summed E-state index contributed by atoms with van der Waals surface area (Å²) in [6.45, 7) is 2.89. The molecule has 178 valence electrons. The highest BCUT2D eigenvalue weighted by molar-refractivity contribution is 6.31. The fourth-order valence-electron chi connectivity index (χ4n) is 4.70.